The minimum atomic E-state index is -4.86. The standard InChI is InChI=1S/C19H19F4NO4S/c1-3-29(27,28)16-9-4-12(10-15(16)20)11-17(25)24-14-7-5-13(6-8-14)18(2,26)19(21,22)23/h4-10,26H,3,11H2,1-2H3,(H,24,25). The number of carbonyl (C=O) groups is 1. The van der Waals surface area contributed by atoms with Crippen LogP contribution in [0.1, 0.15) is 25.0 Å². The van der Waals surface area contributed by atoms with E-state index in [0.717, 1.165) is 24.3 Å². The van der Waals surface area contributed by atoms with Crippen LogP contribution >= 0.6 is 0 Å². The topological polar surface area (TPSA) is 83.5 Å². The Morgan fingerprint density at radius 1 is 1.10 bits per heavy atom. The monoisotopic (exact) mass is 433 g/mol. The van der Waals surface area contributed by atoms with Gasteiger partial charge in [-0.05, 0) is 42.3 Å². The van der Waals surface area contributed by atoms with Crippen LogP contribution in [-0.4, -0.2) is 31.4 Å². The van der Waals surface area contributed by atoms with Crippen LogP contribution in [0.15, 0.2) is 47.4 Å². The number of amides is 1. The third-order valence-electron chi connectivity index (χ3n) is 4.36. The van der Waals surface area contributed by atoms with Crippen molar-refractivity contribution in [1.29, 1.82) is 0 Å². The van der Waals surface area contributed by atoms with Crippen molar-refractivity contribution < 1.29 is 35.9 Å². The number of carbonyl (C=O) groups excluding carboxylic acids is 1. The number of sulfone groups is 1. The van der Waals surface area contributed by atoms with E-state index in [1.807, 2.05) is 0 Å². The Kier molecular flexibility index (Phi) is 6.39. The highest BCUT2D eigenvalue weighted by molar-refractivity contribution is 7.91. The molecule has 0 spiro atoms. The van der Waals surface area contributed by atoms with Crippen molar-refractivity contribution in [3.05, 3.63) is 59.4 Å². The molecule has 0 bridgehead atoms. The van der Waals surface area contributed by atoms with E-state index < -0.39 is 43.8 Å². The number of hydrogen-bond acceptors (Lipinski definition) is 4. The second-order valence-corrected chi connectivity index (χ2v) is 8.79. The molecular weight excluding hydrogens is 414 g/mol. The van der Waals surface area contributed by atoms with Crippen molar-refractivity contribution in [1.82, 2.24) is 0 Å². The summed E-state index contributed by atoms with van der Waals surface area (Å²) in [6, 6.07) is 7.82. The third-order valence-corrected chi connectivity index (χ3v) is 6.12. The molecule has 29 heavy (non-hydrogen) atoms. The highest BCUT2D eigenvalue weighted by Gasteiger charge is 2.51. The van der Waals surface area contributed by atoms with Gasteiger partial charge in [0, 0.05) is 5.69 Å². The number of benzene rings is 2. The first-order valence-corrected chi connectivity index (χ1v) is 10.1. The zero-order valence-electron chi connectivity index (χ0n) is 15.5. The quantitative estimate of drug-likeness (QED) is 0.683. The van der Waals surface area contributed by atoms with Gasteiger partial charge in [-0.1, -0.05) is 25.1 Å². The summed E-state index contributed by atoms with van der Waals surface area (Å²) in [7, 11) is -3.73. The normalized spacial score (nSPS) is 14.3. The Morgan fingerprint density at radius 3 is 2.17 bits per heavy atom. The third kappa shape index (κ3) is 5.13. The number of alkyl halides is 3. The predicted molar refractivity (Wildman–Crippen MR) is 98.5 cm³/mol. The van der Waals surface area contributed by atoms with Gasteiger partial charge in [0.1, 0.15) is 10.7 Å². The molecule has 0 radical (unpaired) electrons. The highest BCUT2D eigenvalue weighted by atomic mass is 32.2. The maximum Gasteiger partial charge on any atom is 0.421 e. The van der Waals surface area contributed by atoms with E-state index >= 15 is 0 Å². The van der Waals surface area contributed by atoms with Gasteiger partial charge in [0.25, 0.3) is 0 Å². The van der Waals surface area contributed by atoms with E-state index in [1.165, 1.54) is 25.1 Å². The molecule has 2 rings (SSSR count). The Morgan fingerprint density at radius 2 is 1.69 bits per heavy atom. The largest absolute Gasteiger partial charge is 0.421 e. The molecule has 0 fully saturated rings. The summed E-state index contributed by atoms with van der Waals surface area (Å²) in [6.45, 7) is 2.01. The summed E-state index contributed by atoms with van der Waals surface area (Å²) in [5, 5.41) is 12.1. The zero-order chi connectivity index (χ0) is 22.0. The van der Waals surface area contributed by atoms with Crippen LogP contribution in [0.3, 0.4) is 0 Å². The van der Waals surface area contributed by atoms with Crippen molar-refractivity contribution in [3.8, 4) is 0 Å². The number of rotatable bonds is 6. The maximum atomic E-state index is 14.0. The van der Waals surface area contributed by atoms with Crippen LogP contribution in [0, 0.1) is 5.82 Å². The van der Waals surface area contributed by atoms with Crippen LogP contribution in [0.2, 0.25) is 0 Å². The van der Waals surface area contributed by atoms with Crippen LogP contribution in [0.5, 0.6) is 0 Å². The molecule has 158 valence electrons. The first-order chi connectivity index (χ1) is 13.3. The SMILES string of the molecule is CCS(=O)(=O)c1ccc(CC(=O)Nc2ccc(C(C)(O)C(F)(F)F)cc2)cc1F. The smallest absolute Gasteiger partial charge is 0.376 e. The minimum Gasteiger partial charge on any atom is -0.376 e. The summed E-state index contributed by atoms with van der Waals surface area (Å²) in [5.41, 5.74) is -3.01. The van der Waals surface area contributed by atoms with Gasteiger partial charge in [0.05, 0.1) is 12.2 Å². The molecule has 1 unspecified atom stereocenters. The molecule has 0 saturated carbocycles. The molecule has 5 nitrogen and oxygen atoms in total. The molecule has 0 aliphatic carbocycles. The van der Waals surface area contributed by atoms with Crippen molar-refractivity contribution in [3.63, 3.8) is 0 Å². The number of anilines is 1. The predicted octanol–water partition coefficient (Wildman–Crippen LogP) is 3.57. The van der Waals surface area contributed by atoms with E-state index in [2.05, 4.69) is 5.32 Å². The van der Waals surface area contributed by atoms with Crippen LogP contribution in [0.4, 0.5) is 23.2 Å². The Balaban J connectivity index is 2.09. The van der Waals surface area contributed by atoms with Crippen LogP contribution in [-0.2, 0) is 26.7 Å². The fourth-order valence-corrected chi connectivity index (χ4v) is 3.44. The summed E-state index contributed by atoms with van der Waals surface area (Å²) in [4.78, 5) is 11.6. The molecule has 10 heteroatoms. The van der Waals surface area contributed by atoms with E-state index in [1.54, 1.807) is 0 Å². The average molecular weight is 433 g/mol. The number of nitrogens with one attached hydrogen (secondary N) is 1. The summed E-state index contributed by atoms with van der Waals surface area (Å²) in [6.07, 6.45) is -5.13. The van der Waals surface area contributed by atoms with Crippen LogP contribution < -0.4 is 5.32 Å². The molecule has 2 aromatic carbocycles. The lowest BCUT2D eigenvalue weighted by Gasteiger charge is -2.26. The first kappa shape index (κ1) is 22.8. The van der Waals surface area contributed by atoms with E-state index in [9.17, 15) is 35.9 Å². The number of aliphatic hydroxyl groups is 1. The molecule has 1 atom stereocenters. The fourth-order valence-electron chi connectivity index (χ4n) is 2.49. The Hall–Kier alpha value is -2.46. The summed E-state index contributed by atoms with van der Waals surface area (Å²) < 4.78 is 76.1. The molecule has 0 aromatic heterocycles. The van der Waals surface area contributed by atoms with Crippen molar-refractivity contribution >= 4 is 21.4 Å². The van der Waals surface area contributed by atoms with E-state index in [0.29, 0.717) is 6.92 Å². The maximum absolute atomic E-state index is 14.0. The lowest BCUT2D eigenvalue weighted by atomic mass is 9.95. The summed E-state index contributed by atoms with van der Waals surface area (Å²) in [5.74, 6) is -1.80. The van der Waals surface area contributed by atoms with Gasteiger partial charge in [0.15, 0.2) is 15.4 Å². The first-order valence-electron chi connectivity index (χ1n) is 8.48. The van der Waals surface area contributed by atoms with Crippen molar-refractivity contribution in [2.75, 3.05) is 11.1 Å². The number of hydrogen-bond donors (Lipinski definition) is 2. The molecule has 0 saturated heterocycles. The van der Waals surface area contributed by atoms with Gasteiger partial charge < -0.3 is 10.4 Å². The molecule has 1 amide bonds. The lowest BCUT2D eigenvalue weighted by molar-refractivity contribution is -0.258. The average Bonchev–Trinajstić information content (AvgIpc) is 2.61. The van der Waals surface area contributed by atoms with Gasteiger partial charge in [-0.15, -0.1) is 0 Å². The Bertz CT molecular complexity index is 1000. The fraction of sp³-hybridized carbons (Fsp3) is 0.316. The molecule has 0 heterocycles. The number of halogens is 4. The molecule has 0 aliphatic rings. The summed E-state index contributed by atoms with van der Waals surface area (Å²) >= 11 is 0. The van der Waals surface area contributed by atoms with Crippen molar-refractivity contribution in [2.24, 2.45) is 0 Å². The van der Waals surface area contributed by atoms with E-state index in [4.69, 9.17) is 0 Å². The van der Waals surface area contributed by atoms with Gasteiger partial charge in [0.2, 0.25) is 5.91 Å². The second kappa shape index (κ2) is 8.11. The zero-order valence-corrected chi connectivity index (χ0v) is 16.4. The van der Waals surface area contributed by atoms with Gasteiger partial charge >= 0.3 is 6.18 Å². The van der Waals surface area contributed by atoms with Gasteiger partial charge in [-0.25, -0.2) is 12.8 Å². The highest BCUT2D eigenvalue weighted by Crippen LogP contribution is 2.38. The van der Waals surface area contributed by atoms with Crippen LogP contribution in [0.25, 0.3) is 0 Å². The van der Waals surface area contributed by atoms with E-state index in [-0.39, 0.29) is 23.4 Å². The van der Waals surface area contributed by atoms with Gasteiger partial charge in [-0.2, -0.15) is 13.2 Å². The molecule has 2 N–H and O–H groups in total. The second-order valence-electron chi connectivity index (χ2n) is 6.54. The Labute approximate surface area is 165 Å². The van der Waals surface area contributed by atoms with Gasteiger partial charge in [-0.3, -0.25) is 4.79 Å². The molecule has 2 aromatic rings. The molecule has 0 aliphatic heterocycles. The van der Waals surface area contributed by atoms with Crippen molar-refractivity contribution in [2.45, 2.75) is 36.9 Å². The minimum absolute atomic E-state index is 0.183. The lowest BCUT2D eigenvalue weighted by Crippen LogP contribution is -2.39. The molecular formula is C19H19F4NO4S.